The summed E-state index contributed by atoms with van der Waals surface area (Å²) >= 11 is 0. The molecule has 0 bridgehead atoms. The van der Waals surface area contributed by atoms with Crippen LogP contribution in [0.4, 0.5) is 17.2 Å². The van der Waals surface area contributed by atoms with Gasteiger partial charge in [0.25, 0.3) is 0 Å². The number of nitrogens with zero attached hydrogens (tertiary/aromatic N) is 3. The second-order valence-corrected chi connectivity index (χ2v) is 7.27. The molecule has 1 aliphatic rings. The summed E-state index contributed by atoms with van der Waals surface area (Å²) in [5, 5.41) is 2.83. The van der Waals surface area contributed by atoms with Crippen LogP contribution in [0.2, 0.25) is 0 Å². The zero-order valence-electron chi connectivity index (χ0n) is 18.4. The molecular formula is C25H24N4O4. The lowest BCUT2D eigenvalue weighted by atomic mass is 10.1. The second kappa shape index (κ2) is 9.95. The zero-order chi connectivity index (χ0) is 23.2. The molecule has 0 fully saturated rings. The number of fused-ring (bicyclic) bond motifs is 1. The second-order valence-electron chi connectivity index (χ2n) is 7.27. The van der Waals surface area contributed by atoms with E-state index in [0.29, 0.717) is 41.0 Å². The number of anilines is 2. The van der Waals surface area contributed by atoms with Gasteiger partial charge in [-0.25, -0.2) is 9.98 Å². The van der Waals surface area contributed by atoms with Gasteiger partial charge < -0.3 is 14.8 Å². The summed E-state index contributed by atoms with van der Waals surface area (Å²) in [6.45, 7) is 2.14. The summed E-state index contributed by atoms with van der Waals surface area (Å²) in [5.41, 5.74) is 2.41. The van der Waals surface area contributed by atoms with Crippen LogP contribution in [0.25, 0.3) is 0 Å². The number of hydrogen-bond donors (Lipinski definition) is 1. The van der Waals surface area contributed by atoms with Crippen molar-refractivity contribution in [2.45, 2.75) is 13.3 Å². The molecule has 8 heteroatoms. The zero-order valence-corrected chi connectivity index (χ0v) is 18.4. The molecule has 168 valence electrons. The van der Waals surface area contributed by atoms with Crippen LogP contribution in [0.1, 0.15) is 18.9 Å². The number of aliphatic imine (C=N–C) groups is 1. The first kappa shape index (κ1) is 22.0. The minimum Gasteiger partial charge on any atom is -0.497 e. The van der Waals surface area contributed by atoms with Gasteiger partial charge >= 0.3 is 0 Å². The topological polar surface area (TPSA) is 93.1 Å². The van der Waals surface area contributed by atoms with Crippen LogP contribution in [-0.4, -0.2) is 42.8 Å². The minimum atomic E-state index is -0.364. The predicted molar refractivity (Wildman–Crippen MR) is 127 cm³/mol. The maximum absolute atomic E-state index is 13.2. The Kier molecular flexibility index (Phi) is 6.64. The number of para-hydroxylation sites is 2. The van der Waals surface area contributed by atoms with Crippen LogP contribution in [0.3, 0.4) is 0 Å². The van der Waals surface area contributed by atoms with E-state index < -0.39 is 0 Å². The van der Waals surface area contributed by atoms with Crippen molar-refractivity contribution in [3.63, 3.8) is 0 Å². The van der Waals surface area contributed by atoms with Crippen molar-refractivity contribution in [1.29, 1.82) is 0 Å². The molecule has 0 radical (unpaired) electrons. The van der Waals surface area contributed by atoms with Crippen molar-refractivity contribution < 1.29 is 19.1 Å². The Morgan fingerprint density at radius 1 is 1.12 bits per heavy atom. The molecule has 2 heterocycles. The van der Waals surface area contributed by atoms with Crippen molar-refractivity contribution in [3.8, 4) is 11.5 Å². The highest BCUT2D eigenvalue weighted by Gasteiger charge is 2.28. The van der Waals surface area contributed by atoms with Crippen LogP contribution in [0, 0.1) is 0 Å². The van der Waals surface area contributed by atoms with E-state index in [9.17, 15) is 9.59 Å². The van der Waals surface area contributed by atoms with Gasteiger partial charge in [-0.15, -0.1) is 0 Å². The van der Waals surface area contributed by atoms with Gasteiger partial charge in [-0.05, 0) is 43.3 Å². The molecule has 0 saturated carbocycles. The SMILES string of the molecule is CCOc1ccccc1NC(=O)CN1C(=O)CC(c2cccc(OC)c2)=Nc2cccnc21. The highest BCUT2D eigenvalue weighted by Crippen LogP contribution is 2.31. The van der Waals surface area contributed by atoms with Crippen molar-refractivity contribution >= 4 is 34.7 Å². The number of methoxy groups -OCH3 is 1. The molecule has 0 spiro atoms. The van der Waals surface area contributed by atoms with Crippen LogP contribution in [0.15, 0.2) is 71.9 Å². The Morgan fingerprint density at radius 2 is 1.97 bits per heavy atom. The number of hydrogen-bond acceptors (Lipinski definition) is 6. The van der Waals surface area contributed by atoms with Crippen LogP contribution >= 0.6 is 0 Å². The summed E-state index contributed by atoms with van der Waals surface area (Å²) in [7, 11) is 1.59. The van der Waals surface area contributed by atoms with Gasteiger partial charge in [-0.2, -0.15) is 0 Å². The third-order valence-electron chi connectivity index (χ3n) is 5.06. The van der Waals surface area contributed by atoms with Gasteiger partial charge in [-0.1, -0.05) is 24.3 Å². The van der Waals surface area contributed by atoms with Gasteiger partial charge in [0.1, 0.15) is 23.7 Å². The molecule has 1 N–H and O–H groups in total. The fraction of sp³-hybridized carbons (Fsp3) is 0.200. The third-order valence-corrected chi connectivity index (χ3v) is 5.06. The molecule has 1 aliphatic heterocycles. The fourth-order valence-electron chi connectivity index (χ4n) is 3.54. The summed E-state index contributed by atoms with van der Waals surface area (Å²) in [6, 6.07) is 18.1. The van der Waals surface area contributed by atoms with E-state index in [2.05, 4.69) is 10.3 Å². The monoisotopic (exact) mass is 444 g/mol. The molecule has 0 saturated heterocycles. The number of nitrogens with one attached hydrogen (secondary N) is 1. The molecule has 3 aromatic rings. The fourth-order valence-corrected chi connectivity index (χ4v) is 3.54. The average molecular weight is 444 g/mol. The smallest absolute Gasteiger partial charge is 0.244 e. The summed E-state index contributed by atoms with van der Waals surface area (Å²) in [5.74, 6) is 0.938. The first-order valence-corrected chi connectivity index (χ1v) is 10.6. The van der Waals surface area contributed by atoms with E-state index in [1.54, 1.807) is 43.6 Å². The highest BCUT2D eigenvalue weighted by molar-refractivity contribution is 6.18. The average Bonchev–Trinajstić information content (AvgIpc) is 2.97. The maximum Gasteiger partial charge on any atom is 0.244 e. The predicted octanol–water partition coefficient (Wildman–Crippen LogP) is 3.99. The van der Waals surface area contributed by atoms with Crippen molar-refractivity contribution in [3.05, 3.63) is 72.4 Å². The van der Waals surface area contributed by atoms with Gasteiger partial charge in [0.05, 0.1) is 31.5 Å². The summed E-state index contributed by atoms with van der Waals surface area (Å²) < 4.78 is 10.9. The molecule has 2 amide bonds. The van der Waals surface area contributed by atoms with Crippen molar-refractivity contribution in [2.75, 3.05) is 30.5 Å². The Balaban J connectivity index is 1.60. The summed E-state index contributed by atoms with van der Waals surface area (Å²) in [6.07, 6.45) is 1.60. The van der Waals surface area contributed by atoms with Crippen molar-refractivity contribution in [1.82, 2.24) is 4.98 Å². The molecule has 2 aromatic carbocycles. The molecule has 8 nitrogen and oxygen atoms in total. The molecular weight excluding hydrogens is 420 g/mol. The van der Waals surface area contributed by atoms with E-state index in [0.717, 1.165) is 5.56 Å². The number of benzene rings is 2. The Labute approximate surface area is 191 Å². The lowest BCUT2D eigenvalue weighted by molar-refractivity contribution is -0.120. The van der Waals surface area contributed by atoms with Crippen LogP contribution in [-0.2, 0) is 9.59 Å². The Hall–Kier alpha value is -4.20. The van der Waals surface area contributed by atoms with E-state index in [1.807, 2.05) is 37.3 Å². The minimum absolute atomic E-state index is 0.0202. The number of pyridine rings is 1. The Morgan fingerprint density at radius 3 is 2.79 bits per heavy atom. The Bertz CT molecular complexity index is 1210. The van der Waals surface area contributed by atoms with E-state index in [-0.39, 0.29) is 24.8 Å². The van der Waals surface area contributed by atoms with E-state index >= 15 is 0 Å². The molecule has 33 heavy (non-hydrogen) atoms. The third kappa shape index (κ3) is 5.01. The molecule has 0 aliphatic carbocycles. The standard InChI is InChI=1S/C25H24N4O4/c1-3-33-22-12-5-4-10-19(22)28-23(30)16-29-24(31)15-21(17-8-6-9-18(14-17)32-2)27-20-11-7-13-26-25(20)29/h4-14H,3,15-16H2,1-2H3,(H,28,30). The molecule has 4 rings (SSSR count). The number of carbonyl (C=O) groups is 2. The lowest BCUT2D eigenvalue weighted by Crippen LogP contribution is -2.39. The largest absolute Gasteiger partial charge is 0.497 e. The number of aromatic nitrogens is 1. The lowest BCUT2D eigenvalue weighted by Gasteiger charge is -2.21. The van der Waals surface area contributed by atoms with E-state index in [1.165, 1.54) is 4.90 Å². The maximum atomic E-state index is 13.2. The van der Waals surface area contributed by atoms with Crippen molar-refractivity contribution in [2.24, 2.45) is 4.99 Å². The molecule has 0 atom stereocenters. The van der Waals surface area contributed by atoms with E-state index in [4.69, 9.17) is 14.5 Å². The van der Waals surface area contributed by atoms with Gasteiger partial charge in [0.15, 0.2) is 5.82 Å². The number of amides is 2. The summed E-state index contributed by atoms with van der Waals surface area (Å²) in [4.78, 5) is 36.6. The molecule has 0 unspecified atom stereocenters. The first-order valence-electron chi connectivity index (χ1n) is 10.6. The number of ether oxygens (including phenoxy) is 2. The normalized spacial score (nSPS) is 13.0. The molecule has 1 aromatic heterocycles. The van der Waals surface area contributed by atoms with Crippen LogP contribution in [0.5, 0.6) is 11.5 Å². The highest BCUT2D eigenvalue weighted by atomic mass is 16.5. The quantitative estimate of drug-likeness (QED) is 0.595. The van der Waals surface area contributed by atoms with Gasteiger partial charge in [0, 0.05) is 11.8 Å². The van der Waals surface area contributed by atoms with Crippen LogP contribution < -0.4 is 19.7 Å². The number of rotatable bonds is 7. The van der Waals surface area contributed by atoms with Gasteiger partial charge in [0.2, 0.25) is 11.8 Å². The number of carbonyl (C=O) groups excluding carboxylic acids is 2. The van der Waals surface area contributed by atoms with Gasteiger partial charge in [-0.3, -0.25) is 14.5 Å². The first-order chi connectivity index (χ1) is 16.1.